The Balaban J connectivity index is 1.99. The molecular formula is C16H24N2O4S. The van der Waals surface area contributed by atoms with Gasteiger partial charge in [0.1, 0.15) is 0 Å². The molecule has 0 spiro atoms. The molecule has 1 aromatic carbocycles. The molecular weight excluding hydrogens is 316 g/mol. The summed E-state index contributed by atoms with van der Waals surface area (Å²) in [6, 6.07) is 6.25. The average Bonchev–Trinajstić information content (AvgIpc) is 2.82. The van der Waals surface area contributed by atoms with E-state index in [2.05, 4.69) is 10.6 Å². The standard InChI is InChI=1S/C16H24N2O4S/c1-22-11-12-23(20,21)15-6-4-13(5-7-15)16(19)18-14-3-2-9-17-10-8-14/h4-7,14,17H,2-3,8-12H2,1H3,(H,18,19). The maximum absolute atomic E-state index is 12.3. The molecule has 1 atom stereocenters. The number of amides is 1. The highest BCUT2D eigenvalue weighted by Crippen LogP contribution is 2.13. The molecule has 1 aromatic rings. The molecule has 7 heteroatoms. The highest BCUT2D eigenvalue weighted by molar-refractivity contribution is 7.91. The summed E-state index contributed by atoms with van der Waals surface area (Å²) in [7, 11) is -1.90. The maximum atomic E-state index is 12.3. The number of carbonyl (C=O) groups is 1. The summed E-state index contributed by atoms with van der Waals surface area (Å²) in [5.41, 5.74) is 0.480. The van der Waals surface area contributed by atoms with Gasteiger partial charge in [-0.2, -0.15) is 0 Å². The summed E-state index contributed by atoms with van der Waals surface area (Å²) in [5.74, 6) is -0.220. The van der Waals surface area contributed by atoms with Crippen LogP contribution in [0.4, 0.5) is 0 Å². The van der Waals surface area contributed by atoms with Crippen molar-refractivity contribution in [1.29, 1.82) is 0 Å². The monoisotopic (exact) mass is 340 g/mol. The van der Waals surface area contributed by atoms with Gasteiger partial charge >= 0.3 is 0 Å². The normalized spacial score (nSPS) is 19.1. The van der Waals surface area contributed by atoms with Crippen LogP contribution >= 0.6 is 0 Å². The van der Waals surface area contributed by atoms with E-state index in [0.717, 1.165) is 32.4 Å². The van der Waals surface area contributed by atoms with Gasteiger partial charge in [0, 0.05) is 18.7 Å². The zero-order valence-electron chi connectivity index (χ0n) is 13.4. The van der Waals surface area contributed by atoms with Crippen molar-refractivity contribution in [2.45, 2.75) is 30.2 Å². The Kier molecular flexibility index (Phi) is 6.56. The van der Waals surface area contributed by atoms with Crippen molar-refractivity contribution >= 4 is 15.7 Å². The largest absolute Gasteiger partial charge is 0.384 e. The maximum Gasteiger partial charge on any atom is 0.251 e. The number of hydrogen-bond acceptors (Lipinski definition) is 5. The van der Waals surface area contributed by atoms with Gasteiger partial charge in [-0.15, -0.1) is 0 Å². The van der Waals surface area contributed by atoms with E-state index < -0.39 is 9.84 Å². The van der Waals surface area contributed by atoms with E-state index in [4.69, 9.17) is 4.74 Å². The minimum absolute atomic E-state index is 0.0654. The van der Waals surface area contributed by atoms with Crippen LogP contribution < -0.4 is 10.6 Å². The van der Waals surface area contributed by atoms with Crippen LogP contribution in [0.1, 0.15) is 29.6 Å². The van der Waals surface area contributed by atoms with E-state index in [9.17, 15) is 13.2 Å². The molecule has 1 saturated heterocycles. The lowest BCUT2D eigenvalue weighted by molar-refractivity contribution is 0.0934. The van der Waals surface area contributed by atoms with Gasteiger partial charge in [0.15, 0.2) is 9.84 Å². The molecule has 23 heavy (non-hydrogen) atoms. The van der Waals surface area contributed by atoms with Crippen LogP contribution in [0, 0.1) is 0 Å². The average molecular weight is 340 g/mol. The summed E-state index contributed by atoms with van der Waals surface area (Å²) < 4.78 is 28.9. The third-order valence-electron chi connectivity index (χ3n) is 3.94. The quantitative estimate of drug-likeness (QED) is 0.806. The fraction of sp³-hybridized carbons (Fsp3) is 0.562. The number of nitrogens with one attached hydrogen (secondary N) is 2. The van der Waals surface area contributed by atoms with Crippen LogP contribution in [0.25, 0.3) is 0 Å². The molecule has 6 nitrogen and oxygen atoms in total. The van der Waals surface area contributed by atoms with E-state index in [-0.39, 0.29) is 29.2 Å². The van der Waals surface area contributed by atoms with Crippen molar-refractivity contribution < 1.29 is 17.9 Å². The van der Waals surface area contributed by atoms with Gasteiger partial charge in [0.05, 0.1) is 17.3 Å². The van der Waals surface area contributed by atoms with Crippen molar-refractivity contribution in [3.8, 4) is 0 Å². The molecule has 1 aliphatic heterocycles. The number of carbonyl (C=O) groups excluding carboxylic acids is 1. The second kappa shape index (κ2) is 8.42. The molecule has 1 amide bonds. The van der Waals surface area contributed by atoms with Gasteiger partial charge in [0.25, 0.3) is 5.91 Å². The Morgan fingerprint density at radius 2 is 2.00 bits per heavy atom. The van der Waals surface area contributed by atoms with Crippen molar-refractivity contribution in [2.24, 2.45) is 0 Å². The van der Waals surface area contributed by atoms with Crippen LogP contribution in [0.15, 0.2) is 29.2 Å². The number of benzene rings is 1. The summed E-state index contributed by atoms with van der Waals surface area (Å²) in [6.07, 6.45) is 2.92. The molecule has 1 unspecified atom stereocenters. The van der Waals surface area contributed by atoms with Crippen LogP contribution in [-0.4, -0.2) is 52.9 Å². The Bertz CT molecular complexity index is 605. The fourth-order valence-electron chi connectivity index (χ4n) is 2.56. The highest BCUT2D eigenvalue weighted by Gasteiger charge is 2.17. The lowest BCUT2D eigenvalue weighted by Gasteiger charge is -2.16. The second-order valence-electron chi connectivity index (χ2n) is 5.69. The van der Waals surface area contributed by atoms with Gasteiger partial charge in [-0.1, -0.05) is 0 Å². The third-order valence-corrected chi connectivity index (χ3v) is 5.64. The predicted molar refractivity (Wildman–Crippen MR) is 88.3 cm³/mol. The minimum Gasteiger partial charge on any atom is -0.384 e. The Hall–Kier alpha value is -1.44. The van der Waals surface area contributed by atoms with Crippen LogP contribution in [0.3, 0.4) is 0 Å². The van der Waals surface area contributed by atoms with Crippen LogP contribution in [0.5, 0.6) is 0 Å². The molecule has 0 radical (unpaired) electrons. The molecule has 1 fully saturated rings. The smallest absolute Gasteiger partial charge is 0.251 e. The lowest BCUT2D eigenvalue weighted by Crippen LogP contribution is -2.35. The number of methoxy groups -OCH3 is 1. The summed E-state index contributed by atoms with van der Waals surface area (Å²) in [6.45, 7) is 2.04. The highest BCUT2D eigenvalue weighted by atomic mass is 32.2. The molecule has 2 N–H and O–H groups in total. The predicted octanol–water partition coefficient (Wildman–Crippen LogP) is 0.979. The van der Waals surface area contributed by atoms with Gasteiger partial charge < -0.3 is 15.4 Å². The number of sulfone groups is 1. The van der Waals surface area contributed by atoms with E-state index in [1.165, 1.54) is 19.2 Å². The van der Waals surface area contributed by atoms with Crippen molar-refractivity contribution in [3.05, 3.63) is 29.8 Å². The summed E-state index contributed by atoms with van der Waals surface area (Å²) in [4.78, 5) is 12.5. The van der Waals surface area contributed by atoms with Crippen LogP contribution in [0.2, 0.25) is 0 Å². The molecule has 0 aromatic heterocycles. The van der Waals surface area contributed by atoms with E-state index in [1.54, 1.807) is 12.1 Å². The molecule has 1 aliphatic rings. The Labute approximate surface area is 137 Å². The third kappa shape index (κ3) is 5.30. The molecule has 0 aliphatic carbocycles. The number of rotatable bonds is 6. The van der Waals surface area contributed by atoms with Crippen molar-refractivity contribution in [3.63, 3.8) is 0 Å². The second-order valence-corrected chi connectivity index (χ2v) is 7.80. The first kappa shape index (κ1) is 17.9. The Morgan fingerprint density at radius 1 is 1.26 bits per heavy atom. The first-order valence-electron chi connectivity index (χ1n) is 7.86. The molecule has 1 heterocycles. The summed E-state index contributed by atoms with van der Waals surface area (Å²) in [5, 5.41) is 6.32. The number of hydrogen-bond donors (Lipinski definition) is 2. The Morgan fingerprint density at radius 3 is 2.70 bits per heavy atom. The van der Waals surface area contributed by atoms with Gasteiger partial charge in [0.2, 0.25) is 0 Å². The summed E-state index contributed by atoms with van der Waals surface area (Å²) >= 11 is 0. The lowest BCUT2D eigenvalue weighted by atomic mass is 10.1. The SMILES string of the molecule is COCCS(=O)(=O)c1ccc(C(=O)NC2CCCNCC2)cc1. The van der Waals surface area contributed by atoms with Crippen LogP contribution in [-0.2, 0) is 14.6 Å². The fourth-order valence-corrected chi connectivity index (χ4v) is 3.73. The van der Waals surface area contributed by atoms with Crippen molar-refractivity contribution in [1.82, 2.24) is 10.6 Å². The van der Waals surface area contributed by atoms with Crippen molar-refractivity contribution in [2.75, 3.05) is 32.6 Å². The molecule has 0 bridgehead atoms. The van der Waals surface area contributed by atoms with Gasteiger partial charge in [-0.05, 0) is 56.6 Å². The first-order valence-corrected chi connectivity index (χ1v) is 9.51. The molecule has 0 saturated carbocycles. The minimum atomic E-state index is -3.36. The topological polar surface area (TPSA) is 84.5 Å². The molecule has 2 rings (SSSR count). The van der Waals surface area contributed by atoms with E-state index >= 15 is 0 Å². The number of ether oxygens (including phenoxy) is 1. The van der Waals surface area contributed by atoms with E-state index in [1.807, 2.05) is 0 Å². The zero-order valence-corrected chi connectivity index (χ0v) is 14.2. The first-order chi connectivity index (χ1) is 11.0. The molecule has 128 valence electrons. The van der Waals surface area contributed by atoms with E-state index in [0.29, 0.717) is 5.56 Å². The zero-order chi connectivity index (χ0) is 16.7. The van der Waals surface area contributed by atoms with Gasteiger partial charge in [-0.3, -0.25) is 4.79 Å². The van der Waals surface area contributed by atoms with Gasteiger partial charge in [-0.25, -0.2) is 8.42 Å².